The summed E-state index contributed by atoms with van der Waals surface area (Å²) in [5.41, 5.74) is 4.41. The molecule has 0 aromatic heterocycles. The van der Waals surface area contributed by atoms with Crippen LogP contribution >= 0.6 is 11.6 Å². The predicted molar refractivity (Wildman–Crippen MR) is 130 cm³/mol. The Morgan fingerprint density at radius 1 is 1.00 bits per heavy atom. The molecular formula is C27H29ClN2O2. The molecule has 3 aromatic carbocycles. The fourth-order valence-corrected chi connectivity index (χ4v) is 4.37. The molecule has 4 rings (SSSR count). The minimum atomic E-state index is -0.0825. The molecule has 0 atom stereocenters. The van der Waals surface area contributed by atoms with E-state index in [9.17, 15) is 4.79 Å². The van der Waals surface area contributed by atoms with Crippen LogP contribution in [0.4, 0.5) is 0 Å². The molecule has 1 aliphatic rings. The van der Waals surface area contributed by atoms with Crippen molar-refractivity contribution in [1.29, 1.82) is 0 Å². The van der Waals surface area contributed by atoms with Crippen LogP contribution in [-0.4, -0.2) is 37.6 Å². The van der Waals surface area contributed by atoms with Crippen molar-refractivity contribution < 1.29 is 9.53 Å². The Kier molecular flexibility index (Phi) is 7.46. The predicted octanol–water partition coefficient (Wildman–Crippen LogP) is 5.66. The number of amides is 1. The van der Waals surface area contributed by atoms with Gasteiger partial charge in [-0.1, -0.05) is 66.2 Å². The lowest BCUT2D eigenvalue weighted by Gasteiger charge is -2.32. The smallest absolute Gasteiger partial charge is 0.251 e. The monoisotopic (exact) mass is 448 g/mol. The SMILES string of the molecule is COc1cc(C(=O)NCC2CCN(Cc3ccc(-c4ccccc4)cc3)CC2)ccc1Cl. The topological polar surface area (TPSA) is 41.6 Å². The molecule has 0 bridgehead atoms. The van der Waals surface area contributed by atoms with Gasteiger partial charge >= 0.3 is 0 Å². The second kappa shape index (κ2) is 10.7. The maximum Gasteiger partial charge on any atom is 0.251 e. The van der Waals surface area contributed by atoms with Crippen LogP contribution in [0.1, 0.15) is 28.8 Å². The largest absolute Gasteiger partial charge is 0.495 e. The molecule has 1 aliphatic heterocycles. The Bertz CT molecular complexity index is 1030. The summed E-state index contributed by atoms with van der Waals surface area (Å²) in [5.74, 6) is 0.940. The highest BCUT2D eigenvalue weighted by molar-refractivity contribution is 6.32. The van der Waals surface area contributed by atoms with E-state index >= 15 is 0 Å². The molecule has 32 heavy (non-hydrogen) atoms. The van der Waals surface area contributed by atoms with Crippen molar-refractivity contribution in [2.45, 2.75) is 19.4 Å². The van der Waals surface area contributed by atoms with Crippen LogP contribution in [0.2, 0.25) is 5.02 Å². The molecule has 166 valence electrons. The average molecular weight is 449 g/mol. The molecule has 0 unspecified atom stereocenters. The van der Waals surface area contributed by atoms with E-state index in [2.05, 4.69) is 58.7 Å². The van der Waals surface area contributed by atoms with Crippen molar-refractivity contribution >= 4 is 17.5 Å². The van der Waals surface area contributed by atoms with Crippen molar-refractivity contribution in [3.05, 3.63) is 88.9 Å². The van der Waals surface area contributed by atoms with Gasteiger partial charge in [0.25, 0.3) is 5.91 Å². The van der Waals surface area contributed by atoms with Gasteiger partial charge in [0.05, 0.1) is 12.1 Å². The van der Waals surface area contributed by atoms with Gasteiger partial charge < -0.3 is 10.1 Å². The Hall–Kier alpha value is -2.82. The van der Waals surface area contributed by atoms with Gasteiger partial charge in [-0.3, -0.25) is 9.69 Å². The number of rotatable bonds is 7. The van der Waals surface area contributed by atoms with Crippen LogP contribution in [0, 0.1) is 5.92 Å². The normalized spacial score (nSPS) is 14.8. The van der Waals surface area contributed by atoms with Gasteiger partial charge in [-0.25, -0.2) is 0 Å². The van der Waals surface area contributed by atoms with Crippen molar-refractivity contribution in [3.63, 3.8) is 0 Å². The van der Waals surface area contributed by atoms with Crippen molar-refractivity contribution in [3.8, 4) is 16.9 Å². The van der Waals surface area contributed by atoms with Gasteiger partial charge in [0.2, 0.25) is 0 Å². The summed E-state index contributed by atoms with van der Waals surface area (Å²) in [6, 6.07) is 24.5. The molecule has 4 nitrogen and oxygen atoms in total. The standard InChI is InChI=1S/C27H29ClN2O2/c1-32-26-17-24(11-12-25(26)28)27(31)29-18-20-13-15-30(16-14-20)19-21-7-9-23(10-8-21)22-5-3-2-4-6-22/h2-12,17,20H,13-16,18-19H2,1H3,(H,29,31). The molecule has 1 fully saturated rings. The lowest BCUT2D eigenvalue weighted by molar-refractivity contribution is 0.0935. The molecule has 0 saturated carbocycles. The number of halogens is 1. The first-order valence-corrected chi connectivity index (χ1v) is 11.5. The Morgan fingerprint density at radius 3 is 2.38 bits per heavy atom. The van der Waals surface area contributed by atoms with Crippen LogP contribution in [0.5, 0.6) is 5.75 Å². The lowest BCUT2D eigenvalue weighted by Crippen LogP contribution is -2.38. The number of hydrogen-bond acceptors (Lipinski definition) is 3. The molecule has 1 heterocycles. The summed E-state index contributed by atoms with van der Waals surface area (Å²) in [6.07, 6.45) is 2.18. The Balaban J connectivity index is 1.22. The summed E-state index contributed by atoms with van der Waals surface area (Å²) in [6.45, 7) is 3.77. The summed E-state index contributed by atoms with van der Waals surface area (Å²) < 4.78 is 5.20. The van der Waals surface area contributed by atoms with E-state index in [1.165, 1.54) is 16.7 Å². The quantitative estimate of drug-likeness (QED) is 0.507. The van der Waals surface area contributed by atoms with Gasteiger partial charge in [0.1, 0.15) is 5.75 Å². The number of hydrogen-bond donors (Lipinski definition) is 1. The zero-order chi connectivity index (χ0) is 22.3. The van der Waals surface area contributed by atoms with E-state index in [0.717, 1.165) is 32.5 Å². The zero-order valence-corrected chi connectivity index (χ0v) is 19.1. The summed E-state index contributed by atoms with van der Waals surface area (Å²) in [4.78, 5) is 15.0. The molecule has 1 N–H and O–H groups in total. The number of benzene rings is 3. The molecule has 5 heteroatoms. The van der Waals surface area contributed by atoms with E-state index < -0.39 is 0 Å². The minimum Gasteiger partial charge on any atom is -0.495 e. The van der Waals surface area contributed by atoms with E-state index in [0.29, 0.717) is 28.8 Å². The Morgan fingerprint density at radius 2 is 1.69 bits per heavy atom. The van der Waals surface area contributed by atoms with E-state index in [-0.39, 0.29) is 5.91 Å². The second-order valence-corrected chi connectivity index (χ2v) is 8.75. The van der Waals surface area contributed by atoms with Crippen LogP contribution < -0.4 is 10.1 Å². The fourth-order valence-electron chi connectivity index (χ4n) is 4.18. The lowest BCUT2D eigenvalue weighted by atomic mass is 9.96. The molecule has 3 aromatic rings. The first-order valence-electron chi connectivity index (χ1n) is 11.1. The molecule has 1 amide bonds. The molecule has 0 spiro atoms. The van der Waals surface area contributed by atoms with E-state index in [1.807, 2.05) is 6.07 Å². The van der Waals surface area contributed by atoms with Crippen molar-refractivity contribution in [2.75, 3.05) is 26.7 Å². The number of methoxy groups -OCH3 is 1. The number of ether oxygens (including phenoxy) is 1. The zero-order valence-electron chi connectivity index (χ0n) is 18.4. The molecule has 1 saturated heterocycles. The van der Waals surface area contributed by atoms with Crippen molar-refractivity contribution in [2.24, 2.45) is 5.92 Å². The first-order chi connectivity index (χ1) is 15.6. The summed E-state index contributed by atoms with van der Waals surface area (Å²) in [7, 11) is 1.55. The minimum absolute atomic E-state index is 0.0825. The number of piperidine rings is 1. The summed E-state index contributed by atoms with van der Waals surface area (Å²) >= 11 is 6.05. The molecular weight excluding hydrogens is 420 g/mol. The second-order valence-electron chi connectivity index (χ2n) is 8.34. The van der Waals surface area contributed by atoms with Gasteiger partial charge in [0, 0.05) is 18.7 Å². The van der Waals surface area contributed by atoms with Gasteiger partial charge in [-0.15, -0.1) is 0 Å². The number of nitrogens with zero attached hydrogens (tertiary/aromatic N) is 1. The number of carbonyl (C=O) groups is 1. The van der Waals surface area contributed by atoms with E-state index in [1.54, 1.807) is 25.3 Å². The van der Waals surface area contributed by atoms with Crippen LogP contribution in [-0.2, 0) is 6.54 Å². The number of nitrogens with one attached hydrogen (secondary N) is 1. The average Bonchev–Trinajstić information content (AvgIpc) is 2.85. The highest BCUT2D eigenvalue weighted by atomic mass is 35.5. The third kappa shape index (κ3) is 5.70. The number of likely N-dealkylation sites (tertiary alicyclic amines) is 1. The fraction of sp³-hybridized carbons (Fsp3) is 0.296. The first kappa shape index (κ1) is 22.4. The highest BCUT2D eigenvalue weighted by Crippen LogP contribution is 2.25. The highest BCUT2D eigenvalue weighted by Gasteiger charge is 2.20. The maximum absolute atomic E-state index is 12.5. The van der Waals surface area contributed by atoms with Gasteiger partial charge in [0.15, 0.2) is 0 Å². The van der Waals surface area contributed by atoms with Crippen molar-refractivity contribution in [1.82, 2.24) is 10.2 Å². The van der Waals surface area contributed by atoms with Crippen LogP contribution in [0.3, 0.4) is 0 Å². The van der Waals surface area contributed by atoms with Gasteiger partial charge in [-0.05, 0) is 66.7 Å². The van der Waals surface area contributed by atoms with Crippen LogP contribution in [0.15, 0.2) is 72.8 Å². The number of carbonyl (C=O) groups excluding carboxylic acids is 1. The molecule has 0 radical (unpaired) electrons. The molecule has 0 aliphatic carbocycles. The van der Waals surface area contributed by atoms with E-state index in [4.69, 9.17) is 16.3 Å². The van der Waals surface area contributed by atoms with Crippen LogP contribution in [0.25, 0.3) is 11.1 Å². The maximum atomic E-state index is 12.5. The Labute approximate surface area is 195 Å². The summed E-state index contributed by atoms with van der Waals surface area (Å²) in [5, 5.41) is 3.58. The third-order valence-electron chi connectivity index (χ3n) is 6.14. The van der Waals surface area contributed by atoms with Gasteiger partial charge in [-0.2, -0.15) is 0 Å². The third-order valence-corrected chi connectivity index (χ3v) is 6.45.